The van der Waals surface area contributed by atoms with Crippen LogP contribution in [0.5, 0.6) is 5.75 Å². The Morgan fingerprint density at radius 1 is 1.23 bits per heavy atom. The third-order valence-electron chi connectivity index (χ3n) is 7.37. The molecule has 1 aliphatic carbocycles. The molecule has 3 rings (SSSR count). The van der Waals surface area contributed by atoms with E-state index in [2.05, 4.69) is 19.6 Å². The zero-order chi connectivity index (χ0) is 33.4. The lowest BCUT2D eigenvalue weighted by molar-refractivity contribution is -0.173. The molecule has 1 aromatic carbocycles. The first-order chi connectivity index (χ1) is 20.3. The van der Waals surface area contributed by atoms with Gasteiger partial charge in [0.1, 0.15) is 16.6 Å². The zero-order valence-corrected chi connectivity index (χ0v) is 24.7. The van der Waals surface area contributed by atoms with Gasteiger partial charge in [0.05, 0.1) is 23.8 Å². The van der Waals surface area contributed by atoms with Gasteiger partial charge in [-0.15, -0.1) is 0 Å². The van der Waals surface area contributed by atoms with Gasteiger partial charge in [0.25, 0.3) is 17.8 Å². The molecule has 2 aromatic rings. The summed E-state index contributed by atoms with van der Waals surface area (Å²) >= 11 is 6.24. The highest BCUT2D eigenvalue weighted by atomic mass is 35.5. The highest BCUT2D eigenvalue weighted by Gasteiger charge is 2.64. The van der Waals surface area contributed by atoms with E-state index in [1.54, 1.807) is 0 Å². The molecule has 10 nitrogen and oxygen atoms in total. The summed E-state index contributed by atoms with van der Waals surface area (Å²) in [4.78, 5) is 30.4. The molecule has 238 valence electrons. The molecular weight excluding hydrogens is 622 g/mol. The van der Waals surface area contributed by atoms with Crippen LogP contribution in [-0.2, 0) is 17.2 Å². The quantitative estimate of drug-likeness (QED) is 0.239. The summed E-state index contributed by atoms with van der Waals surface area (Å²) in [5.74, 6) is -11.0. The SMILES string of the molecule is COC(=O)N(C(=O)c1cc(C(C=Nc2c(OC(F)F)c(C(C)(C(C)(F)F)C(C)(F)F)nn2C)=CN)ccc1Cl)C1(C#N)CC1. The van der Waals surface area contributed by atoms with Gasteiger partial charge in [-0.3, -0.25) is 4.79 Å². The maximum Gasteiger partial charge on any atom is 0.417 e. The van der Waals surface area contributed by atoms with Crippen LogP contribution in [0.1, 0.15) is 55.2 Å². The largest absolute Gasteiger partial charge is 0.452 e. The van der Waals surface area contributed by atoms with Crippen molar-refractivity contribution in [1.29, 1.82) is 5.26 Å². The summed E-state index contributed by atoms with van der Waals surface area (Å²) in [7, 11) is 2.12. The Bertz CT molecular complexity index is 1540. The second-order valence-electron chi connectivity index (χ2n) is 10.2. The van der Waals surface area contributed by atoms with E-state index < -0.39 is 58.7 Å². The molecule has 17 heteroatoms. The molecule has 1 aliphatic rings. The molecule has 2 amide bonds. The van der Waals surface area contributed by atoms with E-state index >= 15 is 0 Å². The lowest BCUT2D eigenvalue weighted by atomic mass is 9.75. The fourth-order valence-electron chi connectivity index (χ4n) is 4.34. The normalized spacial score (nSPS) is 15.3. The summed E-state index contributed by atoms with van der Waals surface area (Å²) in [6, 6.07) is 5.77. The van der Waals surface area contributed by atoms with Crippen LogP contribution < -0.4 is 10.5 Å². The molecule has 1 fully saturated rings. The Hall–Kier alpha value is -4.26. The van der Waals surface area contributed by atoms with E-state index in [1.165, 1.54) is 18.2 Å². The van der Waals surface area contributed by atoms with Crippen LogP contribution in [0.4, 0.5) is 37.0 Å². The number of nitriles is 1. The average Bonchev–Trinajstić information content (AvgIpc) is 3.66. The van der Waals surface area contributed by atoms with Gasteiger partial charge in [0.15, 0.2) is 11.6 Å². The van der Waals surface area contributed by atoms with Gasteiger partial charge in [-0.1, -0.05) is 17.7 Å². The molecule has 2 N–H and O–H groups in total. The first-order valence-corrected chi connectivity index (χ1v) is 13.0. The van der Waals surface area contributed by atoms with Crippen molar-refractivity contribution in [2.45, 2.75) is 63.0 Å². The second-order valence-corrected chi connectivity index (χ2v) is 10.6. The fourth-order valence-corrected chi connectivity index (χ4v) is 4.54. The minimum Gasteiger partial charge on any atom is -0.452 e. The summed E-state index contributed by atoms with van der Waals surface area (Å²) in [6.45, 7) is -2.76. The highest BCUT2D eigenvalue weighted by Crippen LogP contribution is 2.54. The predicted molar refractivity (Wildman–Crippen MR) is 146 cm³/mol. The van der Waals surface area contributed by atoms with E-state index in [1.807, 2.05) is 6.07 Å². The number of amides is 2. The van der Waals surface area contributed by atoms with Crippen LogP contribution in [0.2, 0.25) is 5.02 Å². The summed E-state index contributed by atoms with van der Waals surface area (Å²) < 4.78 is 95.1. The molecule has 0 aliphatic heterocycles. The lowest BCUT2D eigenvalue weighted by Gasteiger charge is -2.38. The number of aromatic nitrogens is 2. The van der Waals surface area contributed by atoms with Crippen molar-refractivity contribution in [3.63, 3.8) is 0 Å². The Labute approximate surface area is 252 Å². The Morgan fingerprint density at radius 2 is 1.82 bits per heavy atom. The van der Waals surface area contributed by atoms with Crippen molar-refractivity contribution in [2.75, 3.05) is 7.11 Å². The number of nitrogens with two attached hydrogens (primary N) is 1. The standard InChI is InChI=1S/C27H27ClF6N6O4/c1-24(25(2,31)32,26(3,33)34)19-18(44-22(29)30)20(39(4)38-19)37-12-15(11-35)14-6-7-17(28)16(10-14)21(41)40(23(42)43-5)27(13-36)8-9-27/h6-7,10-12,22H,8-9,35H2,1-5H3. The van der Waals surface area contributed by atoms with Gasteiger partial charge >= 0.3 is 12.7 Å². The number of benzene rings is 1. The second kappa shape index (κ2) is 12.0. The first kappa shape index (κ1) is 34.2. The number of hydrogen-bond acceptors (Lipinski definition) is 8. The van der Waals surface area contributed by atoms with Crippen molar-refractivity contribution in [3.8, 4) is 11.8 Å². The predicted octanol–water partition coefficient (Wildman–Crippen LogP) is 6.21. The summed E-state index contributed by atoms with van der Waals surface area (Å²) in [5.41, 5.74) is -0.353. The van der Waals surface area contributed by atoms with E-state index in [0.29, 0.717) is 16.5 Å². The molecule has 0 saturated heterocycles. The van der Waals surface area contributed by atoms with Crippen LogP contribution >= 0.6 is 11.6 Å². The highest BCUT2D eigenvalue weighted by molar-refractivity contribution is 6.34. The van der Waals surface area contributed by atoms with Crippen LogP contribution in [0, 0.1) is 11.3 Å². The van der Waals surface area contributed by atoms with Gasteiger partial charge < -0.3 is 15.2 Å². The molecule has 0 unspecified atom stereocenters. The van der Waals surface area contributed by atoms with Crippen molar-refractivity contribution >= 4 is 41.2 Å². The smallest absolute Gasteiger partial charge is 0.417 e. The summed E-state index contributed by atoms with van der Waals surface area (Å²) in [5, 5.41) is 13.1. The molecule has 0 radical (unpaired) electrons. The molecule has 44 heavy (non-hydrogen) atoms. The van der Waals surface area contributed by atoms with Crippen molar-refractivity contribution in [2.24, 2.45) is 17.8 Å². The number of halogens is 7. The van der Waals surface area contributed by atoms with Crippen LogP contribution in [0.15, 0.2) is 29.4 Å². The Morgan fingerprint density at radius 3 is 2.27 bits per heavy atom. The maximum absolute atomic E-state index is 14.6. The van der Waals surface area contributed by atoms with Gasteiger partial charge in [-0.05, 0) is 37.5 Å². The van der Waals surface area contributed by atoms with E-state index in [-0.39, 0.29) is 48.4 Å². The minimum absolute atomic E-state index is 0.00287. The van der Waals surface area contributed by atoms with Gasteiger partial charge in [-0.25, -0.2) is 36.9 Å². The molecule has 0 bridgehead atoms. The van der Waals surface area contributed by atoms with Crippen molar-refractivity contribution in [1.82, 2.24) is 14.7 Å². The first-order valence-electron chi connectivity index (χ1n) is 12.7. The Balaban J connectivity index is 2.12. The van der Waals surface area contributed by atoms with Gasteiger partial charge in [0.2, 0.25) is 0 Å². The van der Waals surface area contributed by atoms with E-state index in [0.717, 1.165) is 26.6 Å². The molecule has 1 saturated carbocycles. The molecular formula is C27H27ClF6N6O4. The Kier molecular flexibility index (Phi) is 9.36. The van der Waals surface area contributed by atoms with Gasteiger partial charge in [0, 0.05) is 38.9 Å². The average molecular weight is 649 g/mol. The zero-order valence-electron chi connectivity index (χ0n) is 24.0. The number of allylic oxidation sites excluding steroid dienone is 1. The lowest BCUT2D eigenvalue weighted by Crippen LogP contribution is -2.53. The van der Waals surface area contributed by atoms with Crippen molar-refractivity contribution in [3.05, 3.63) is 46.2 Å². The molecule has 0 spiro atoms. The number of ether oxygens (including phenoxy) is 2. The summed E-state index contributed by atoms with van der Waals surface area (Å²) in [6.07, 6.45) is 1.27. The number of rotatable bonds is 10. The number of nitrogens with zero attached hydrogens (tertiary/aromatic N) is 5. The number of hydrogen-bond donors (Lipinski definition) is 1. The minimum atomic E-state index is -4.17. The van der Waals surface area contributed by atoms with Crippen LogP contribution in [0.25, 0.3) is 5.57 Å². The molecule has 1 heterocycles. The number of imide groups is 1. The number of aliphatic imine (C=N–C) groups is 1. The van der Waals surface area contributed by atoms with Gasteiger partial charge in [-0.2, -0.15) is 19.1 Å². The molecule has 1 aromatic heterocycles. The fraction of sp³-hybridized carbons (Fsp3) is 0.444. The van der Waals surface area contributed by atoms with E-state index in [4.69, 9.17) is 17.3 Å². The number of aryl methyl sites for hydroxylation is 1. The number of carbonyl (C=O) groups is 2. The van der Waals surface area contributed by atoms with Crippen LogP contribution in [0.3, 0.4) is 0 Å². The van der Waals surface area contributed by atoms with E-state index in [9.17, 15) is 41.2 Å². The third kappa shape index (κ3) is 6.05. The number of alkyl halides is 6. The number of carbonyl (C=O) groups excluding carboxylic acids is 2. The van der Waals surface area contributed by atoms with Crippen molar-refractivity contribution < 1.29 is 45.4 Å². The number of methoxy groups -OCH3 is 1. The molecule has 0 atom stereocenters. The monoisotopic (exact) mass is 648 g/mol. The maximum atomic E-state index is 14.6. The topological polar surface area (TPSA) is 136 Å². The third-order valence-corrected chi connectivity index (χ3v) is 7.70. The van der Waals surface area contributed by atoms with Crippen LogP contribution in [-0.4, -0.2) is 64.0 Å².